The van der Waals surface area contributed by atoms with Crippen LogP contribution in [-0.4, -0.2) is 43.8 Å². The van der Waals surface area contributed by atoms with Crippen molar-refractivity contribution in [1.29, 1.82) is 0 Å². The molecule has 1 aliphatic rings. The van der Waals surface area contributed by atoms with Crippen LogP contribution in [0.2, 0.25) is 0 Å². The van der Waals surface area contributed by atoms with Crippen LogP contribution in [0.3, 0.4) is 0 Å². The van der Waals surface area contributed by atoms with Gasteiger partial charge in [0, 0.05) is 50.8 Å². The molecule has 4 nitrogen and oxygen atoms in total. The molecule has 1 unspecified atom stereocenters. The van der Waals surface area contributed by atoms with Crippen molar-refractivity contribution in [3.8, 4) is 0 Å². The second-order valence-corrected chi connectivity index (χ2v) is 5.51. The van der Waals surface area contributed by atoms with Crippen LogP contribution >= 0.6 is 0 Å². The minimum absolute atomic E-state index is 0.00810. The minimum atomic E-state index is 0.00810. The van der Waals surface area contributed by atoms with Gasteiger partial charge in [0.2, 0.25) is 0 Å². The predicted molar refractivity (Wildman–Crippen MR) is 80.1 cm³/mol. The van der Waals surface area contributed by atoms with Gasteiger partial charge in [-0.3, -0.25) is 9.59 Å². The average Bonchev–Trinajstić information content (AvgIpc) is 2.47. The van der Waals surface area contributed by atoms with Gasteiger partial charge in [-0.1, -0.05) is 6.92 Å². The number of carbonyl (C=O) groups excluding carboxylic acids is 2. The summed E-state index contributed by atoms with van der Waals surface area (Å²) in [6.07, 6.45) is 1.29. The standard InChI is InChI=1S/C16H22N2O2/c1-4-12-11-18(10-9-15(12)19)16(20)13-5-7-14(8-6-13)17(2)3/h5-8,12H,4,9-11H2,1-3H3. The number of hydrogen-bond acceptors (Lipinski definition) is 3. The molecule has 0 bridgehead atoms. The Bertz CT molecular complexity index is 494. The van der Waals surface area contributed by atoms with E-state index >= 15 is 0 Å². The highest BCUT2D eigenvalue weighted by atomic mass is 16.2. The first-order valence-corrected chi connectivity index (χ1v) is 7.12. The fourth-order valence-corrected chi connectivity index (χ4v) is 2.53. The van der Waals surface area contributed by atoms with Gasteiger partial charge in [0.25, 0.3) is 5.91 Å². The molecule has 0 aromatic heterocycles. The normalized spacial score (nSPS) is 19.1. The molecule has 1 heterocycles. The van der Waals surface area contributed by atoms with Crippen molar-refractivity contribution in [2.24, 2.45) is 5.92 Å². The van der Waals surface area contributed by atoms with Crippen LogP contribution in [0, 0.1) is 5.92 Å². The third kappa shape index (κ3) is 3.00. The van der Waals surface area contributed by atoms with E-state index in [2.05, 4.69) is 0 Å². The second-order valence-electron chi connectivity index (χ2n) is 5.51. The summed E-state index contributed by atoms with van der Waals surface area (Å²) in [6, 6.07) is 7.60. The molecule has 1 aromatic carbocycles. The predicted octanol–water partition coefficient (Wildman–Crippen LogP) is 2.19. The number of anilines is 1. The van der Waals surface area contributed by atoms with Crippen molar-refractivity contribution >= 4 is 17.4 Å². The highest BCUT2D eigenvalue weighted by Crippen LogP contribution is 2.19. The van der Waals surface area contributed by atoms with Crippen LogP contribution in [0.1, 0.15) is 30.1 Å². The number of nitrogens with zero attached hydrogens (tertiary/aromatic N) is 2. The number of ketones is 1. The zero-order valence-electron chi connectivity index (χ0n) is 12.4. The molecule has 1 aromatic rings. The van der Waals surface area contributed by atoms with Crippen molar-refractivity contribution in [3.05, 3.63) is 29.8 Å². The van der Waals surface area contributed by atoms with Crippen LogP contribution in [0.4, 0.5) is 5.69 Å². The summed E-state index contributed by atoms with van der Waals surface area (Å²) < 4.78 is 0. The minimum Gasteiger partial charge on any atom is -0.378 e. The first-order chi connectivity index (χ1) is 9.52. The SMILES string of the molecule is CCC1CN(C(=O)c2ccc(N(C)C)cc2)CCC1=O. The summed E-state index contributed by atoms with van der Waals surface area (Å²) >= 11 is 0. The number of rotatable bonds is 3. The van der Waals surface area contributed by atoms with E-state index in [4.69, 9.17) is 0 Å². The molecule has 20 heavy (non-hydrogen) atoms. The maximum absolute atomic E-state index is 12.5. The molecule has 0 saturated carbocycles. The Labute approximate surface area is 120 Å². The molecule has 0 aliphatic carbocycles. The first-order valence-electron chi connectivity index (χ1n) is 7.12. The van der Waals surface area contributed by atoms with E-state index in [0.29, 0.717) is 30.9 Å². The topological polar surface area (TPSA) is 40.6 Å². The van der Waals surface area contributed by atoms with Crippen molar-refractivity contribution in [2.75, 3.05) is 32.1 Å². The Morgan fingerprint density at radius 2 is 1.95 bits per heavy atom. The van der Waals surface area contributed by atoms with Gasteiger partial charge in [0.05, 0.1) is 0 Å². The van der Waals surface area contributed by atoms with Crippen LogP contribution in [0.5, 0.6) is 0 Å². The van der Waals surface area contributed by atoms with Crippen molar-refractivity contribution in [3.63, 3.8) is 0 Å². The van der Waals surface area contributed by atoms with Gasteiger partial charge in [-0.25, -0.2) is 0 Å². The smallest absolute Gasteiger partial charge is 0.253 e. The molecule has 2 rings (SSSR count). The Balaban J connectivity index is 2.09. The van der Waals surface area contributed by atoms with E-state index in [1.54, 1.807) is 4.90 Å². The molecule has 1 saturated heterocycles. The lowest BCUT2D eigenvalue weighted by Gasteiger charge is -2.31. The molecule has 4 heteroatoms. The first kappa shape index (κ1) is 14.6. The molecular formula is C16H22N2O2. The van der Waals surface area contributed by atoms with Crippen molar-refractivity contribution in [1.82, 2.24) is 4.90 Å². The van der Waals surface area contributed by atoms with E-state index in [1.807, 2.05) is 50.2 Å². The molecule has 1 amide bonds. The lowest BCUT2D eigenvalue weighted by molar-refractivity contribution is -0.125. The van der Waals surface area contributed by atoms with Gasteiger partial charge < -0.3 is 9.80 Å². The lowest BCUT2D eigenvalue weighted by atomic mass is 9.93. The van der Waals surface area contributed by atoms with Gasteiger partial charge in [-0.15, -0.1) is 0 Å². The van der Waals surface area contributed by atoms with Gasteiger partial charge >= 0.3 is 0 Å². The Morgan fingerprint density at radius 3 is 2.50 bits per heavy atom. The zero-order chi connectivity index (χ0) is 14.7. The van der Waals surface area contributed by atoms with Crippen LogP contribution in [0.25, 0.3) is 0 Å². The number of carbonyl (C=O) groups is 2. The molecule has 1 fully saturated rings. The molecule has 0 radical (unpaired) electrons. The van der Waals surface area contributed by atoms with Crippen molar-refractivity contribution < 1.29 is 9.59 Å². The Kier molecular flexibility index (Phi) is 4.42. The number of likely N-dealkylation sites (tertiary alicyclic amines) is 1. The number of piperidine rings is 1. The van der Waals surface area contributed by atoms with Gasteiger partial charge in [-0.2, -0.15) is 0 Å². The molecule has 0 N–H and O–H groups in total. The van der Waals surface area contributed by atoms with Crippen LogP contribution in [-0.2, 0) is 4.79 Å². The third-order valence-corrected chi connectivity index (χ3v) is 3.93. The Morgan fingerprint density at radius 1 is 1.30 bits per heavy atom. The third-order valence-electron chi connectivity index (χ3n) is 3.93. The fourth-order valence-electron chi connectivity index (χ4n) is 2.53. The van der Waals surface area contributed by atoms with E-state index in [9.17, 15) is 9.59 Å². The molecule has 1 aliphatic heterocycles. The van der Waals surface area contributed by atoms with E-state index in [-0.39, 0.29) is 11.8 Å². The Hall–Kier alpha value is -1.84. The molecule has 108 valence electrons. The quantitative estimate of drug-likeness (QED) is 0.848. The highest BCUT2D eigenvalue weighted by Gasteiger charge is 2.28. The summed E-state index contributed by atoms with van der Waals surface area (Å²) in [6.45, 7) is 3.11. The van der Waals surface area contributed by atoms with Crippen molar-refractivity contribution in [2.45, 2.75) is 19.8 Å². The number of hydrogen-bond donors (Lipinski definition) is 0. The average molecular weight is 274 g/mol. The maximum Gasteiger partial charge on any atom is 0.253 e. The monoisotopic (exact) mass is 274 g/mol. The molecule has 0 spiro atoms. The number of benzene rings is 1. The van der Waals surface area contributed by atoms with E-state index in [0.717, 1.165) is 12.1 Å². The van der Waals surface area contributed by atoms with Crippen LogP contribution in [0.15, 0.2) is 24.3 Å². The summed E-state index contributed by atoms with van der Waals surface area (Å²) in [4.78, 5) is 28.0. The van der Waals surface area contributed by atoms with Gasteiger partial charge in [-0.05, 0) is 30.7 Å². The molecule has 1 atom stereocenters. The fraction of sp³-hybridized carbons (Fsp3) is 0.500. The van der Waals surface area contributed by atoms with Crippen LogP contribution < -0.4 is 4.90 Å². The summed E-state index contributed by atoms with van der Waals surface area (Å²) in [5.41, 5.74) is 1.77. The summed E-state index contributed by atoms with van der Waals surface area (Å²) in [5.74, 6) is 0.328. The largest absolute Gasteiger partial charge is 0.378 e. The summed E-state index contributed by atoms with van der Waals surface area (Å²) in [7, 11) is 3.94. The number of Topliss-reactive ketones (excluding diaryl/α,β-unsaturated/α-hetero) is 1. The highest BCUT2D eigenvalue weighted by molar-refractivity contribution is 5.96. The van der Waals surface area contributed by atoms with E-state index in [1.165, 1.54) is 0 Å². The number of amides is 1. The maximum atomic E-state index is 12.5. The summed E-state index contributed by atoms with van der Waals surface area (Å²) in [5, 5.41) is 0. The lowest BCUT2D eigenvalue weighted by Crippen LogP contribution is -2.43. The second kappa shape index (κ2) is 6.07. The van der Waals surface area contributed by atoms with Gasteiger partial charge in [0.1, 0.15) is 5.78 Å². The zero-order valence-corrected chi connectivity index (χ0v) is 12.4. The molecular weight excluding hydrogens is 252 g/mol. The van der Waals surface area contributed by atoms with Gasteiger partial charge in [0.15, 0.2) is 0 Å². The van der Waals surface area contributed by atoms with E-state index < -0.39 is 0 Å².